The minimum atomic E-state index is -1.17. The van der Waals surface area contributed by atoms with Gasteiger partial charge in [-0.3, -0.25) is 4.79 Å². The van der Waals surface area contributed by atoms with E-state index < -0.39 is 5.60 Å². The van der Waals surface area contributed by atoms with E-state index in [0.717, 1.165) is 38.1 Å². The van der Waals surface area contributed by atoms with Crippen molar-refractivity contribution in [1.29, 1.82) is 0 Å². The van der Waals surface area contributed by atoms with Gasteiger partial charge in [0, 0.05) is 38.0 Å². The highest BCUT2D eigenvalue weighted by molar-refractivity contribution is 5.84. The van der Waals surface area contributed by atoms with Crippen LogP contribution in [0, 0.1) is 5.92 Å². The van der Waals surface area contributed by atoms with Gasteiger partial charge in [0.05, 0.1) is 0 Å². The molecule has 6 nitrogen and oxygen atoms in total. The molecule has 2 N–H and O–H groups in total. The first kappa shape index (κ1) is 16.5. The predicted octanol–water partition coefficient (Wildman–Crippen LogP) is 1.79. The van der Waals surface area contributed by atoms with Crippen LogP contribution >= 0.6 is 0 Å². The third kappa shape index (κ3) is 3.43. The van der Waals surface area contributed by atoms with Crippen LogP contribution in [0.1, 0.15) is 57.4 Å². The monoisotopic (exact) mass is 321 g/mol. The van der Waals surface area contributed by atoms with Crippen LogP contribution in [0.15, 0.2) is 12.4 Å². The Morgan fingerprint density at radius 1 is 1.48 bits per heavy atom. The number of carbonyl (C=O) groups excluding carboxylic acids is 1. The van der Waals surface area contributed by atoms with Crippen LogP contribution in [0.5, 0.6) is 0 Å². The van der Waals surface area contributed by atoms with Gasteiger partial charge in [-0.1, -0.05) is 19.3 Å². The molecule has 3 rings (SSSR count). The Balaban J connectivity index is 1.60. The van der Waals surface area contributed by atoms with E-state index in [0.29, 0.717) is 26.0 Å². The molecule has 1 amide bonds. The fourth-order valence-electron chi connectivity index (χ4n) is 3.73. The highest BCUT2D eigenvalue weighted by Gasteiger charge is 2.38. The first-order valence-electron chi connectivity index (χ1n) is 8.77. The van der Waals surface area contributed by atoms with E-state index in [1.54, 1.807) is 6.20 Å². The summed E-state index contributed by atoms with van der Waals surface area (Å²) in [4.78, 5) is 16.8. The predicted molar refractivity (Wildman–Crippen MR) is 85.7 cm³/mol. The lowest BCUT2D eigenvalue weighted by Gasteiger charge is -2.31. The van der Waals surface area contributed by atoms with Crippen molar-refractivity contribution >= 4 is 5.91 Å². The molecule has 2 aliphatic rings. The molecule has 1 saturated heterocycles. The quantitative estimate of drug-likeness (QED) is 0.867. The van der Waals surface area contributed by atoms with Gasteiger partial charge in [-0.2, -0.15) is 0 Å². The number of hydrogen-bond acceptors (Lipinski definition) is 4. The molecule has 2 fully saturated rings. The second-order valence-electron chi connectivity index (χ2n) is 6.71. The van der Waals surface area contributed by atoms with E-state index in [-0.39, 0.29) is 17.9 Å². The number of aliphatic hydroxyl groups is 1. The smallest absolute Gasteiger partial charge is 0.251 e. The highest BCUT2D eigenvalue weighted by atomic mass is 16.5. The van der Waals surface area contributed by atoms with Crippen LogP contribution in [-0.2, 0) is 16.1 Å². The van der Waals surface area contributed by atoms with Crippen LogP contribution in [0.2, 0.25) is 0 Å². The molecule has 1 saturated carbocycles. The van der Waals surface area contributed by atoms with Crippen LogP contribution in [0.3, 0.4) is 0 Å². The van der Waals surface area contributed by atoms with E-state index in [9.17, 15) is 9.90 Å². The van der Waals surface area contributed by atoms with Crippen molar-refractivity contribution in [2.24, 2.45) is 5.92 Å². The Kier molecular flexibility index (Phi) is 5.02. The molecule has 1 aromatic rings. The first-order valence-corrected chi connectivity index (χ1v) is 8.77. The van der Waals surface area contributed by atoms with Gasteiger partial charge >= 0.3 is 0 Å². The van der Waals surface area contributed by atoms with E-state index in [4.69, 9.17) is 4.74 Å². The zero-order valence-corrected chi connectivity index (χ0v) is 13.8. The summed E-state index contributed by atoms with van der Waals surface area (Å²) in [6.07, 6.45) is 8.67. The molecule has 128 valence electrons. The van der Waals surface area contributed by atoms with Crippen LogP contribution in [-0.4, -0.2) is 39.3 Å². The van der Waals surface area contributed by atoms with Gasteiger partial charge in [0.25, 0.3) is 5.91 Å². The maximum absolute atomic E-state index is 12.4. The van der Waals surface area contributed by atoms with Crippen molar-refractivity contribution in [2.45, 2.75) is 63.7 Å². The standard InChI is InChI=1S/C17H27N3O3/c1-2-20-10-9-18-15(20)14-13(6-11-23-14)12-19-16(21)17(22)7-4-3-5-8-17/h9-10,13-14,22H,2-8,11-12H2,1H3,(H,19,21)/t13-,14+/m0/s1. The Morgan fingerprint density at radius 2 is 2.26 bits per heavy atom. The second-order valence-corrected chi connectivity index (χ2v) is 6.71. The molecule has 0 radical (unpaired) electrons. The van der Waals surface area contributed by atoms with Crippen LogP contribution in [0.4, 0.5) is 0 Å². The van der Waals surface area contributed by atoms with Gasteiger partial charge in [0.1, 0.15) is 17.5 Å². The Labute approximate surface area is 137 Å². The molecule has 2 heterocycles. The molecule has 2 atom stereocenters. The lowest BCUT2D eigenvalue weighted by Crippen LogP contribution is -2.49. The summed E-state index contributed by atoms with van der Waals surface area (Å²) < 4.78 is 7.94. The first-order chi connectivity index (χ1) is 11.1. The fourth-order valence-corrected chi connectivity index (χ4v) is 3.73. The van der Waals surface area contributed by atoms with Crippen molar-refractivity contribution in [2.75, 3.05) is 13.2 Å². The molecular weight excluding hydrogens is 294 g/mol. The molecule has 1 aliphatic carbocycles. The van der Waals surface area contributed by atoms with Gasteiger partial charge in [-0.25, -0.2) is 4.98 Å². The SMILES string of the molecule is CCn1ccnc1[C@@H]1OCC[C@H]1CNC(=O)C1(O)CCCCC1. The van der Waals surface area contributed by atoms with Crippen molar-refractivity contribution in [1.82, 2.24) is 14.9 Å². The minimum absolute atomic E-state index is 0.0775. The van der Waals surface area contributed by atoms with Gasteiger partial charge in [-0.05, 0) is 26.2 Å². The van der Waals surface area contributed by atoms with Crippen molar-refractivity contribution < 1.29 is 14.6 Å². The van der Waals surface area contributed by atoms with E-state index in [2.05, 4.69) is 21.8 Å². The largest absolute Gasteiger partial charge is 0.380 e. The lowest BCUT2D eigenvalue weighted by molar-refractivity contribution is -0.143. The minimum Gasteiger partial charge on any atom is -0.380 e. The summed E-state index contributed by atoms with van der Waals surface area (Å²) in [6, 6.07) is 0. The topological polar surface area (TPSA) is 76.4 Å². The molecule has 1 aromatic heterocycles. The summed E-state index contributed by atoms with van der Waals surface area (Å²) in [6.45, 7) is 4.15. The lowest BCUT2D eigenvalue weighted by atomic mass is 9.84. The molecule has 0 unspecified atom stereocenters. The number of imidazole rings is 1. The summed E-state index contributed by atoms with van der Waals surface area (Å²) in [5.74, 6) is 0.918. The number of nitrogens with zero attached hydrogens (tertiary/aromatic N) is 2. The zero-order valence-electron chi connectivity index (χ0n) is 13.8. The Morgan fingerprint density at radius 3 is 3.00 bits per heavy atom. The average molecular weight is 321 g/mol. The Bertz CT molecular complexity index is 537. The third-order valence-electron chi connectivity index (χ3n) is 5.19. The normalized spacial score (nSPS) is 27.0. The molecule has 0 aromatic carbocycles. The van der Waals surface area contributed by atoms with Crippen LogP contribution < -0.4 is 5.32 Å². The van der Waals surface area contributed by atoms with Crippen LogP contribution in [0.25, 0.3) is 0 Å². The number of amides is 1. The summed E-state index contributed by atoms with van der Waals surface area (Å²) in [5.41, 5.74) is -1.17. The van der Waals surface area contributed by atoms with Gasteiger partial charge in [0.15, 0.2) is 0 Å². The number of hydrogen-bond donors (Lipinski definition) is 2. The highest BCUT2D eigenvalue weighted by Crippen LogP contribution is 2.34. The molecule has 0 bridgehead atoms. The second kappa shape index (κ2) is 7.01. The number of ether oxygens (including phenoxy) is 1. The molecule has 0 spiro atoms. The van der Waals surface area contributed by atoms with E-state index in [1.807, 2.05) is 6.20 Å². The zero-order chi connectivity index (χ0) is 16.3. The summed E-state index contributed by atoms with van der Waals surface area (Å²) in [7, 11) is 0. The molecular formula is C17H27N3O3. The maximum atomic E-state index is 12.4. The summed E-state index contributed by atoms with van der Waals surface area (Å²) >= 11 is 0. The van der Waals surface area contributed by atoms with E-state index in [1.165, 1.54) is 0 Å². The van der Waals surface area contributed by atoms with Crippen molar-refractivity contribution in [3.8, 4) is 0 Å². The number of nitrogens with one attached hydrogen (secondary N) is 1. The number of aromatic nitrogens is 2. The summed E-state index contributed by atoms with van der Waals surface area (Å²) in [5, 5.41) is 13.4. The Hall–Kier alpha value is -1.40. The molecule has 23 heavy (non-hydrogen) atoms. The maximum Gasteiger partial charge on any atom is 0.251 e. The molecule has 1 aliphatic heterocycles. The molecule has 6 heteroatoms. The number of rotatable bonds is 5. The fraction of sp³-hybridized carbons (Fsp3) is 0.765. The van der Waals surface area contributed by atoms with Crippen molar-refractivity contribution in [3.05, 3.63) is 18.2 Å². The number of carbonyl (C=O) groups is 1. The third-order valence-corrected chi connectivity index (χ3v) is 5.19. The average Bonchev–Trinajstić information content (AvgIpc) is 3.21. The van der Waals surface area contributed by atoms with Gasteiger partial charge in [-0.15, -0.1) is 0 Å². The van der Waals surface area contributed by atoms with Gasteiger partial charge < -0.3 is 19.7 Å². The number of aryl methyl sites for hydroxylation is 1. The van der Waals surface area contributed by atoms with Crippen molar-refractivity contribution in [3.63, 3.8) is 0 Å². The van der Waals surface area contributed by atoms with Gasteiger partial charge in [0.2, 0.25) is 0 Å². The van der Waals surface area contributed by atoms with E-state index >= 15 is 0 Å².